The molecule has 2 aromatic rings. The lowest BCUT2D eigenvalue weighted by Gasteiger charge is -2.22. The predicted molar refractivity (Wildman–Crippen MR) is 69.0 cm³/mol. The third kappa shape index (κ3) is 1.82. The number of hydrogen-bond donors (Lipinski definition) is 1. The largest absolute Gasteiger partial charge is 0.302 e. The Morgan fingerprint density at radius 3 is 3.06 bits per heavy atom. The Kier molecular flexibility index (Phi) is 2.84. The maximum Gasteiger partial charge on any atom is 0.134 e. The van der Waals surface area contributed by atoms with Crippen molar-refractivity contribution in [3.05, 3.63) is 40.3 Å². The number of nitrogens with zero attached hydrogens (tertiary/aromatic N) is 2. The van der Waals surface area contributed by atoms with Crippen molar-refractivity contribution in [2.45, 2.75) is 13.0 Å². The zero-order valence-electron chi connectivity index (χ0n) is 10.0. The molecule has 1 aliphatic heterocycles. The van der Waals surface area contributed by atoms with Gasteiger partial charge in [-0.3, -0.25) is 5.10 Å². The first-order chi connectivity index (χ1) is 8.66. The minimum atomic E-state index is -0.329. The highest BCUT2D eigenvalue weighted by Crippen LogP contribution is 2.34. The van der Waals surface area contributed by atoms with E-state index in [-0.39, 0.29) is 5.82 Å². The molecule has 0 spiro atoms. The summed E-state index contributed by atoms with van der Waals surface area (Å²) in [6.45, 7) is 1.76. The molecule has 3 rings (SSSR count). The van der Waals surface area contributed by atoms with Crippen molar-refractivity contribution in [1.29, 1.82) is 0 Å². The molecule has 1 aromatic carbocycles. The number of aromatic nitrogens is 2. The molecule has 0 atom stereocenters. The van der Waals surface area contributed by atoms with E-state index in [9.17, 15) is 4.39 Å². The van der Waals surface area contributed by atoms with Crippen LogP contribution in [-0.4, -0.2) is 28.7 Å². The van der Waals surface area contributed by atoms with Gasteiger partial charge in [0, 0.05) is 30.8 Å². The molecule has 2 heterocycles. The van der Waals surface area contributed by atoms with Crippen LogP contribution in [0.25, 0.3) is 11.3 Å². The molecule has 0 radical (unpaired) electrons. The summed E-state index contributed by atoms with van der Waals surface area (Å²) < 4.78 is 13.9. The van der Waals surface area contributed by atoms with Gasteiger partial charge in [-0.1, -0.05) is 17.7 Å². The molecular weight excluding hydrogens is 253 g/mol. The van der Waals surface area contributed by atoms with Crippen LogP contribution in [0.4, 0.5) is 4.39 Å². The van der Waals surface area contributed by atoms with Gasteiger partial charge in [-0.05, 0) is 19.2 Å². The fourth-order valence-electron chi connectivity index (χ4n) is 2.36. The standard InChI is InChI=1S/C13H13ClFN3/c1-18-6-5-11-8(7-18)13(17-16-11)12-9(14)3-2-4-10(12)15/h2-4H,5-7H2,1H3,(H,16,17). The summed E-state index contributed by atoms with van der Waals surface area (Å²) in [5.41, 5.74) is 3.17. The molecular formula is C13H13ClFN3. The van der Waals surface area contributed by atoms with Crippen LogP contribution in [0, 0.1) is 5.82 Å². The minimum absolute atomic E-state index is 0.329. The number of nitrogens with one attached hydrogen (secondary N) is 1. The fourth-order valence-corrected chi connectivity index (χ4v) is 2.61. The van der Waals surface area contributed by atoms with Gasteiger partial charge in [-0.25, -0.2) is 4.39 Å². The van der Waals surface area contributed by atoms with Crippen molar-refractivity contribution in [3.8, 4) is 11.3 Å². The van der Waals surface area contributed by atoms with E-state index in [1.807, 2.05) is 7.05 Å². The summed E-state index contributed by atoms with van der Waals surface area (Å²) in [6.07, 6.45) is 0.908. The van der Waals surface area contributed by atoms with Gasteiger partial charge in [-0.15, -0.1) is 0 Å². The monoisotopic (exact) mass is 265 g/mol. The molecule has 18 heavy (non-hydrogen) atoms. The van der Waals surface area contributed by atoms with Crippen molar-refractivity contribution in [2.24, 2.45) is 0 Å². The number of benzene rings is 1. The predicted octanol–water partition coefficient (Wildman–Crippen LogP) is 2.86. The average Bonchev–Trinajstić information content (AvgIpc) is 2.72. The molecule has 1 aromatic heterocycles. The van der Waals surface area contributed by atoms with Gasteiger partial charge >= 0.3 is 0 Å². The number of hydrogen-bond acceptors (Lipinski definition) is 2. The minimum Gasteiger partial charge on any atom is -0.302 e. The summed E-state index contributed by atoms with van der Waals surface area (Å²) >= 11 is 6.09. The van der Waals surface area contributed by atoms with Crippen molar-refractivity contribution in [3.63, 3.8) is 0 Å². The van der Waals surface area contributed by atoms with Gasteiger partial charge in [0.1, 0.15) is 11.5 Å². The summed E-state index contributed by atoms with van der Waals surface area (Å²) in [7, 11) is 2.04. The van der Waals surface area contributed by atoms with Gasteiger partial charge < -0.3 is 4.90 Å². The zero-order valence-corrected chi connectivity index (χ0v) is 10.8. The highest BCUT2D eigenvalue weighted by atomic mass is 35.5. The lowest BCUT2D eigenvalue weighted by molar-refractivity contribution is 0.312. The normalized spacial score (nSPS) is 15.7. The Morgan fingerprint density at radius 2 is 2.28 bits per heavy atom. The van der Waals surface area contributed by atoms with Crippen LogP contribution < -0.4 is 0 Å². The molecule has 0 aliphatic carbocycles. The summed E-state index contributed by atoms with van der Waals surface area (Å²) in [4.78, 5) is 2.19. The van der Waals surface area contributed by atoms with Gasteiger partial charge in [-0.2, -0.15) is 5.10 Å². The van der Waals surface area contributed by atoms with Gasteiger partial charge in [0.2, 0.25) is 0 Å². The van der Waals surface area contributed by atoms with E-state index in [2.05, 4.69) is 15.1 Å². The first kappa shape index (κ1) is 11.7. The van der Waals surface area contributed by atoms with E-state index in [4.69, 9.17) is 11.6 Å². The quantitative estimate of drug-likeness (QED) is 0.860. The molecule has 94 valence electrons. The van der Waals surface area contributed by atoms with Gasteiger partial charge in [0.05, 0.1) is 10.6 Å². The summed E-state index contributed by atoms with van der Waals surface area (Å²) in [6, 6.07) is 4.70. The van der Waals surface area contributed by atoms with Gasteiger partial charge in [0.25, 0.3) is 0 Å². The van der Waals surface area contributed by atoms with Crippen molar-refractivity contribution in [2.75, 3.05) is 13.6 Å². The molecule has 1 aliphatic rings. The molecule has 0 amide bonds. The van der Waals surface area contributed by atoms with Crippen LogP contribution in [0.15, 0.2) is 18.2 Å². The maximum absolute atomic E-state index is 13.9. The Hall–Kier alpha value is -1.39. The smallest absolute Gasteiger partial charge is 0.134 e. The molecule has 5 heteroatoms. The van der Waals surface area contributed by atoms with E-state index in [1.165, 1.54) is 6.07 Å². The summed E-state index contributed by atoms with van der Waals surface area (Å²) in [5.74, 6) is -0.329. The Balaban J connectivity index is 2.16. The molecule has 1 N–H and O–H groups in total. The molecule has 0 fully saturated rings. The second-order valence-electron chi connectivity index (χ2n) is 4.61. The van der Waals surface area contributed by atoms with E-state index >= 15 is 0 Å². The lowest BCUT2D eigenvalue weighted by atomic mass is 10.0. The second-order valence-corrected chi connectivity index (χ2v) is 5.02. The van der Waals surface area contributed by atoms with Crippen LogP contribution in [0.1, 0.15) is 11.3 Å². The first-order valence-electron chi connectivity index (χ1n) is 5.86. The average molecular weight is 266 g/mol. The lowest BCUT2D eigenvalue weighted by Crippen LogP contribution is -2.26. The first-order valence-corrected chi connectivity index (χ1v) is 6.23. The Bertz CT molecular complexity index is 574. The number of rotatable bonds is 1. The third-order valence-electron chi connectivity index (χ3n) is 3.32. The van der Waals surface area contributed by atoms with Crippen LogP contribution in [0.3, 0.4) is 0 Å². The van der Waals surface area contributed by atoms with E-state index in [0.717, 1.165) is 30.8 Å². The third-order valence-corrected chi connectivity index (χ3v) is 3.64. The van der Waals surface area contributed by atoms with Crippen molar-refractivity contribution >= 4 is 11.6 Å². The van der Waals surface area contributed by atoms with E-state index in [1.54, 1.807) is 12.1 Å². The number of likely N-dealkylation sites (N-methyl/N-ethyl adjacent to an activating group) is 1. The molecule has 3 nitrogen and oxygen atoms in total. The van der Waals surface area contributed by atoms with Crippen LogP contribution in [0.5, 0.6) is 0 Å². The number of aromatic amines is 1. The van der Waals surface area contributed by atoms with Crippen molar-refractivity contribution in [1.82, 2.24) is 15.1 Å². The number of halogens is 2. The number of fused-ring (bicyclic) bond motifs is 1. The van der Waals surface area contributed by atoms with Crippen LogP contribution in [0.2, 0.25) is 5.02 Å². The second kappa shape index (κ2) is 4.37. The SMILES string of the molecule is CN1CCc2[nH]nc(-c3c(F)cccc3Cl)c2C1. The van der Waals surface area contributed by atoms with E-state index in [0.29, 0.717) is 16.3 Å². The van der Waals surface area contributed by atoms with E-state index < -0.39 is 0 Å². The molecule has 0 saturated carbocycles. The molecule has 0 saturated heterocycles. The highest BCUT2D eigenvalue weighted by molar-refractivity contribution is 6.33. The zero-order chi connectivity index (χ0) is 12.7. The highest BCUT2D eigenvalue weighted by Gasteiger charge is 2.23. The van der Waals surface area contributed by atoms with Crippen molar-refractivity contribution < 1.29 is 4.39 Å². The Morgan fingerprint density at radius 1 is 1.44 bits per heavy atom. The van der Waals surface area contributed by atoms with Crippen LogP contribution in [-0.2, 0) is 13.0 Å². The maximum atomic E-state index is 13.9. The molecule has 0 bridgehead atoms. The summed E-state index contributed by atoms with van der Waals surface area (Å²) in [5, 5.41) is 7.65. The Labute approximate surface area is 110 Å². The van der Waals surface area contributed by atoms with Gasteiger partial charge in [0.15, 0.2) is 0 Å². The topological polar surface area (TPSA) is 31.9 Å². The molecule has 0 unspecified atom stereocenters. The van der Waals surface area contributed by atoms with Crippen LogP contribution >= 0.6 is 11.6 Å². The number of H-pyrrole nitrogens is 1. The fraction of sp³-hybridized carbons (Fsp3) is 0.308.